The summed E-state index contributed by atoms with van der Waals surface area (Å²) in [6.45, 7) is 1.98. The molecule has 0 radical (unpaired) electrons. The number of hydrogen-bond donors (Lipinski definition) is 1. The number of halogens is 1. The molecule has 0 unspecified atom stereocenters. The van der Waals surface area contributed by atoms with Crippen molar-refractivity contribution in [3.63, 3.8) is 0 Å². The molecule has 1 saturated heterocycles. The van der Waals surface area contributed by atoms with Crippen LogP contribution >= 0.6 is 22.6 Å². The van der Waals surface area contributed by atoms with Crippen molar-refractivity contribution < 1.29 is 9.53 Å². The maximum Gasteiger partial charge on any atom is 0.408 e. The number of carbonyl (C=O) groups excluding carboxylic acids is 1. The van der Waals surface area contributed by atoms with Crippen LogP contribution in [0.15, 0.2) is 54.6 Å². The average molecular weight is 393 g/mol. The molecule has 2 atom stereocenters. The Morgan fingerprint density at radius 2 is 1.81 bits per heavy atom. The fourth-order valence-corrected chi connectivity index (χ4v) is 3.53. The van der Waals surface area contributed by atoms with E-state index < -0.39 is 5.60 Å². The van der Waals surface area contributed by atoms with Crippen molar-refractivity contribution in [2.24, 2.45) is 0 Å². The Labute approximate surface area is 137 Å². The molecule has 0 spiro atoms. The van der Waals surface area contributed by atoms with E-state index in [0.29, 0.717) is 6.42 Å². The molecular weight excluding hydrogens is 377 g/mol. The van der Waals surface area contributed by atoms with Gasteiger partial charge in [0.25, 0.3) is 0 Å². The first-order valence-corrected chi connectivity index (χ1v) is 7.96. The van der Waals surface area contributed by atoms with E-state index in [1.165, 1.54) is 0 Å². The van der Waals surface area contributed by atoms with Crippen molar-refractivity contribution in [3.05, 3.63) is 69.3 Å². The van der Waals surface area contributed by atoms with Crippen LogP contribution in [0.2, 0.25) is 0 Å². The molecule has 2 aromatic rings. The highest BCUT2D eigenvalue weighted by Gasteiger charge is 2.40. The van der Waals surface area contributed by atoms with Gasteiger partial charge in [0, 0.05) is 9.99 Å². The van der Waals surface area contributed by atoms with Crippen LogP contribution in [0.4, 0.5) is 4.79 Å². The third-order valence-electron chi connectivity index (χ3n) is 3.87. The van der Waals surface area contributed by atoms with Crippen LogP contribution in [0.25, 0.3) is 0 Å². The first-order valence-electron chi connectivity index (χ1n) is 6.88. The Bertz CT molecular complexity index is 659. The molecule has 1 aliphatic rings. The Kier molecular flexibility index (Phi) is 3.89. The molecule has 4 heteroatoms. The second kappa shape index (κ2) is 5.67. The normalized spacial score (nSPS) is 25.0. The summed E-state index contributed by atoms with van der Waals surface area (Å²) in [7, 11) is 0. The van der Waals surface area contributed by atoms with Gasteiger partial charge in [0.15, 0.2) is 0 Å². The zero-order chi connectivity index (χ0) is 14.9. The fraction of sp³-hybridized carbons (Fsp3) is 0.235. The number of hydrogen-bond acceptors (Lipinski definition) is 2. The van der Waals surface area contributed by atoms with Crippen molar-refractivity contribution in [2.75, 3.05) is 0 Å². The van der Waals surface area contributed by atoms with Gasteiger partial charge in [0.2, 0.25) is 0 Å². The topological polar surface area (TPSA) is 38.3 Å². The van der Waals surface area contributed by atoms with Crippen LogP contribution in [0.3, 0.4) is 0 Å². The number of carbonyl (C=O) groups is 1. The van der Waals surface area contributed by atoms with Crippen molar-refractivity contribution in [3.8, 4) is 0 Å². The van der Waals surface area contributed by atoms with Crippen molar-refractivity contribution in [2.45, 2.75) is 25.0 Å². The highest BCUT2D eigenvalue weighted by atomic mass is 127. The molecule has 3 nitrogen and oxygen atoms in total. The lowest BCUT2D eigenvalue weighted by molar-refractivity contribution is -0.0177. The van der Waals surface area contributed by atoms with Gasteiger partial charge < -0.3 is 10.1 Å². The summed E-state index contributed by atoms with van der Waals surface area (Å²) in [5, 5.41) is 2.93. The summed E-state index contributed by atoms with van der Waals surface area (Å²) >= 11 is 2.30. The van der Waals surface area contributed by atoms with Gasteiger partial charge in [-0.05, 0) is 46.7 Å². The number of benzene rings is 2. The minimum atomic E-state index is -0.604. The number of nitrogens with one attached hydrogen (secondary N) is 1. The van der Waals surface area contributed by atoms with Crippen LogP contribution in [-0.2, 0) is 10.3 Å². The van der Waals surface area contributed by atoms with E-state index in [4.69, 9.17) is 4.74 Å². The summed E-state index contributed by atoms with van der Waals surface area (Å²) in [6, 6.07) is 18.0. The maximum absolute atomic E-state index is 12.0. The zero-order valence-electron chi connectivity index (χ0n) is 11.7. The van der Waals surface area contributed by atoms with E-state index in [1.807, 2.05) is 49.4 Å². The van der Waals surface area contributed by atoms with Gasteiger partial charge in [-0.2, -0.15) is 0 Å². The summed E-state index contributed by atoms with van der Waals surface area (Å²) in [6.07, 6.45) is 0.347. The van der Waals surface area contributed by atoms with E-state index in [2.05, 4.69) is 40.0 Å². The molecule has 1 amide bonds. The molecule has 21 heavy (non-hydrogen) atoms. The van der Waals surface area contributed by atoms with Crippen LogP contribution in [0.1, 0.15) is 30.5 Å². The molecular formula is C17H16INO2. The summed E-state index contributed by atoms with van der Waals surface area (Å²) < 4.78 is 6.75. The Hall–Kier alpha value is -1.56. The number of ether oxygens (including phenoxy) is 1. The minimum absolute atomic E-state index is 0.0374. The lowest BCUT2D eigenvalue weighted by atomic mass is 9.85. The highest BCUT2D eigenvalue weighted by Crippen LogP contribution is 2.39. The lowest BCUT2D eigenvalue weighted by Crippen LogP contribution is -2.45. The largest absolute Gasteiger partial charge is 0.438 e. The molecule has 2 aromatic carbocycles. The van der Waals surface area contributed by atoms with Crippen LogP contribution < -0.4 is 5.32 Å². The first-order chi connectivity index (χ1) is 10.1. The second-order valence-corrected chi connectivity index (χ2v) is 6.57. The molecule has 1 heterocycles. The number of cyclic esters (lactones) is 1. The van der Waals surface area contributed by atoms with Gasteiger partial charge in [-0.1, -0.05) is 48.5 Å². The molecule has 1 N–H and O–H groups in total. The fourth-order valence-electron chi connectivity index (χ4n) is 2.77. The molecule has 0 aromatic heterocycles. The van der Waals surface area contributed by atoms with Crippen molar-refractivity contribution in [1.29, 1.82) is 0 Å². The van der Waals surface area contributed by atoms with Crippen LogP contribution in [0, 0.1) is 3.57 Å². The average Bonchev–Trinajstić information content (AvgIpc) is 2.48. The van der Waals surface area contributed by atoms with Gasteiger partial charge in [-0.15, -0.1) is 0 Å². The number of rotatable bonds is 2. The standard InChI is InChI=1S/C17H16INO2/c1-17(12-7-3-2-4-8-12)11-15(19-16(20)21-17)13-9-5-6-10-14(13)18/h2-10,15H,11H2,1H3,(H,19,20)/t15-,17+/m0/s1. The van der Waals surface area contributed by atoms with E-state index >= 15 is 0 Å². The molecule has 0 aliphatic carbocycles. The minimum Gasteiger partial charge on any atom is -0.438 e. The first kappa shape index (κ1) is 14.4. The molecule has 1 aliphatic heterocycles. The Morgan fingerprint density at radius 1 is 1.14 bits per heavy atom. The Balaban J connectivity index is 1.96. The van der Waals surface area contributed by atoms with Crippen LogP contribution in [0.5, 0.6) is 0 Å². The van der Waals surface area contributed by atoms with Gasteiger partial charge in [0.1, 0.15) is 5.60 Å². The molecule has 3 rings (SSSR count). The second-order valence-electron chi connectivity index (χ2n) is 5.41. The van der Waals surface area contributed by atoms with Gasteiger partial charge in [0.05, 0.1) is 6.04 Å². The number of amides is 1. The van der Waals surface area contributed by atoms with E-state index in [9.17, 15) is 4.79 Å². The Morgan fingerprint density at radius 3 is 2.52 bits per heavy atom. The lowest BCUT2D eigenvalue weighted by Gasteiger charge is -2.39. The quantitative estimate of drug-likeness (QED) is 0.770. The maximum atomic E-state index is 12.0. The zero-order valence-corrected chi connectivity index (χ0v) is 13.8. The predicted molar refractivity (Wildman–Crippen MR) is 89.9 cm³/mol. The van der Waals surface area contributed by atoms with Gasteiger partial charge in [-0.25, -0.2) is 4.79 Å². The third kappa shape index (κ3) is 2.90. The smallest absolute Gasteiger partial charge is 0.408 e. The van der Waals surface area contributed by atoms with Crippen molar-refractivity contribution in [1.82, 2.24) is 5.32 Å². The van der Waals surface area contributed by atoms with E-state index in [-0.39, 0.29) is 12.1 Å². The molecule has 108 valence electrons. The van der Waals surface area contributed by atoms with Crippen LogP contribution in [-0.4, -0.2) is 6.09 Å². The third-order valence-corrected chi connectivity index (χ3v) is 4.85. The molecule has 0 saturated carbocycles. The summed E-state index contributed by atoms with van der Waals surface area (Å²) in [4.78, 5) is 12.0. The predicted octanol–water partition coefficient (Wildman–Crippen LogP) is 4.38. The van der Waals surface area contributed by atoms with Gasteiger partial charge in [-0.3, -0.25) is 0 Å². The van der Waals surface area contributed by atoms with Gasteiger partial charge >= 0.3 is 6.09 Å². The number of alkyl carbamates (subject to hydrolysis) is 1. The highest BCUT2D eigenvalue weighted by molar-refractivity contribution is 14.1. The van der Waals surface area contributed by atoms with E-state index in [0.717, 1.165) is 14.7 Å². The van der Waals surface area contributed by atoms with E-state index in [1.54, 1.807) is 0 Å². The SMILES string of the molecule is C[C@]1(c2ccccc2)C[C@@H](c2ccccc2I)NC(=O)O1. The van der Waals surface area contributed by atoms with Crippen molar-refractivity contribution >= 4 is 28.7 Å². The monoisotopic (exact) mass is 393 g/mol. The molecule has 0 bridgehead atoms. The molecule has 1 fully saturated rings. The summed E-state index contributed by atoms with van der Waals surface area (Å²) in [5.41, 5.74) is 1.56. The summed E-state index contributed by atoms with van der Waals surface area (Å²) in [5.74, 6) is 0.